The summed E-state index contributed by atoms with van der Waals surface area (Å²) < 4.78 is 27.0. The minimum Gasteiger partial charge on any atom is -0.382 e. The highest BCUT2D eigenvalue weighted by atomic mass is 32.2. The molecule has 0 spiro atoms. The molecule has 0 bridgehead atoms. The van der Waals surface area contributed by atoms with Gasteiger partial charge in [-0.15, -0.1) is 0 Å². The maximum absolute atomic E-state index is 12.7. The average molecular weight is 425 g/mol. The Morgan fingerprint density at radius 1 is 1.00 bits per heavy atom. The molecule has 1 aliphatic rings. The lowest BCUT2D eigenvalue weighted by molar-refractivity contribution is 0.477. The van der Waals surface area contributed by atoms with Gasteiger partial charge in [0, 0.05) is 21.5 Å². The second-order valence-corrected chi connectivity index (χ2v) is 9.17. The van der Waals surface area contributed by atoms with Crippen LogP contribution in [0.4, 0.5) is 5.82 Å². The fourth-order valence-electron chi connectivity index (χ4n) is 3.65. The number of rotatable bonds is 4. The Kier molecular flexibility index (Phi) is 4.48. The third kappa shape index (κ3) is 3.21. The van der Waals surface area contributed by atoms with Crippen LogP contribution in [0.5, 0.6) is 0 Å². The Bertz CT molecular complexity index is 1300. The van der Waals surface area contributed by atoms with E-state index < -0.39 is 10.0 Å². The molecule has 0 radical (unpaired) electrons. The van der Waals surface area contributed by atoms with Crippen LogP contribution in [0.15, 0.2) is 59.6 Å². The predicted octanol–water partition coefficient (Wildman–Crippen LogP) is 3.55. The highest BCUT2D eigenvalue weighted by Gasteiger charge is 2.27. The van der Waals surface area contributed by atoms with Gasteiger partial charge in [0.05, 0.1) is 27.8 Å². The van der Waals surface area contributed by atoms with E-state index in [4.69, 9.17) is 5.73 Å². The van der Waals surface area contributed by atoms with Gasteiger partial charge in [-0.3, -0.25) is 0 Å². The first-order chi connectivity index (χ1) is 14.5. The van der Waals surface area contributed by atoms with E-state index in [2.05, 4.69) is 19.9 Å². The van der Waals surface area contributed by atoms with Gasteiger partial charge in [0.2, 0.25) is 10.0 Å². The number of aromatic amines is 1. The van der Waals surface area contributed by atoms with Crippen LogP contribution in [0.3, 0.4) is 0 Å². The molecule has 4 aromatic rings. The van der Waals surface area contributed by atoms with E-state index in [1.54, 1.807) is 30.5 Å². The summed E-state index contributed by atoms with van der Waals surface area (Å²) in [6, 6.07) is 14.4. The molecular weight excluding hydrogens is 400 g/mol. The van der Waals surface area contributed by atoms with Crippen molar-refractivity contribution in [3.05, 3.63) is 54.7 Å². The zero-order valence-corrected chi connectivity index (χ0v) is 16.9. The minimum atomic E-state index is -3.45. The second-order valence-electron chi connectivity index (χ2n) is 7.23. The van der Waals surface area contributed by atoms with Crippen molar-refractivity contribution in [1.82, 2.24) is 24.2 Å². The number of H-pyrrole nitrogens is 1. The smallest absolute Gasteiger partial charge is 0.243 e. The van der Waals surface area contributed by atoms with Gasteiger partial charge in [0.25, 0.3) is 0 Å². The van der Waals surface area contributed by atoms with Crippen LogP contribution >= 0.6 is 0 Å². The monoisotopic (exact) mass is 424 g/mol. The Balaban J connectivity index is 0.00000144. The summed E-state index contributed by atoms with van der Waals surface area (Å²) in [5.41, 5.74) is 9.55. The fourth-order valence-corrected chi connectivity index (χ4v) is 5.17. The van der Waals surface area contributed by atoms with E-state index in [0.29, 0.717) is 30.3 Å². The van der Waals surface area contributed by atoms with Crippen LogP contribution in [0, 0.1) is 0 Å². The van der Waals surface area contributed by atoms with Crippen LogP contribution in [-0.2, 0) is 10.0 Å². The van der Waals surface area contributed by atoms with E-state index in [1.807, 2.05) is 24.3 Å². The van der Waals surface area contributed by atoms with Crippen LogP contribution < -0.4 is 5.73 Å². The van der Waals surface area contributed by atoms with Crippen molar-refractivity contribution >= 4 is 26.9 Å². The van der Waals surface area contributed by atoms with Crippen molar-refractivity contribution in [2.45, 2.75) is 17.7 Å². The number of nitrogen functional groups attached to an aromatic ring is 1. The first-order valence-electron chi connectivity index (χ1n) is 9.70. The molecule has 1 saturated heterocycles. The van der Waals surface area contributed by atoms with Crippen LogP contribution in [-0.4, -0.2) is 45.7 Å². The topological polar surface area (TPSA) is 118 Å². The summed E-state index contributed by atoms with van der Waals surface area (Å²) in [6.45, 7) is 1.16. The standard InChI is InChI=1S/C21H20N6O2S.2H2/c22-20-19(21-25-16-5-1-2-6-17(16)26-21)24-18(13-23-20)14-7-9-15(10-8-14)30(28,29)27-11-3-4-12-27;;/h1-2,5-10,13H,3-4,11-12H2,(H2,22,23)(H,25,26);2*1H. The number of aromatic nitrogens is 4. The maximum atomic E-state index is 12.7. The lowest BCUT2D eigenvalue weighted by atomic mass is 10.1. The molecule has 1 fully saturated rings. The number of hydrogen-bond donors (Lipinski definition) is 2. The Labute approximate surface area is 176 Å². The third-order valence-corrected chi connectivity index (χ3v) is 7.18. The van der Waals surface area contributed by atoms with Gasteiger partial charge in [-0.25, -0.2) is 23.4 Å². The van der Waals surface area contributed by atoms with Gasteiger partial charge < -0.3 is 10.7 Å². The van der Waals surface area contributed by atoms with Crippen molar-refractivity contribution in [3.8, 4) is 22.8 Å². The van der Waals surface area contributed by atoms with E-state index >= 15 is 0 Å². The van der Waals surface area contributed by atoms with Gasteiger partial charge in [-0.05, 0) is 37.1 Å². The van der Waals surface area contributed by atoms with Crippen molar-refractivity contribution < 1.29 is 11.3 Å². The number of hydrogen-bond acceptors (Lipinski definition) is 6. The van der Waals surface area contributed by atoms with Gasteiger partial charge in [0.1, 0.15) is 5.69 Å². The van der Waals surface area contributed by atoms with Crippen LogP contribution in [0.25, 0.3) is 33.8 Å². The van der Waals surface area contributed by atoms with E-state index in [-0.39, 0.29) is 13.6 Å². The van der Waals surface area contributed by atoms with Crippen molar-refractivity contribution in [1.29, 1.82) is 0 Å². The summed E-state index contributed by atoms with van der Waals surface area (Å²) in [7, 11) is -3.45. The number of imidazole rings is 1. The molecule has 3 heterocycles. The summed E-state index contributed by atoms with van der Waals surface area (Å²) in [6.07, 6.45) is 3.39. The Morgan fingerprint density at radius 2 is 1.73 bits per heavy atom. The number of sulfonamides is 1. The van der Waals surface area contributed by atoms with E-state index in [1.165, 1.54) is 4.31 Å². The predicted molar refractivity (Wildman–Crippen MR) is 119 cm³/mol. The molecule has 2 aromatic heterocycles. The van der Waals surface area contributed by atoms with Gasteiger partial charge in [-0.2, -0.15) is 4.31 Å². The van der Waals surface area contributed by atoms with Crippen LogP contribution in [0.2, 0.25) is 0 Å². The summed E-state index contributed by atoms with van der Waals surface area (Å²) >= 11 is 0. The molecular formula is C21H24N6O2S. The first-order valence-corrected chi connectivity index (χ1v) is 11.1. The number of nitrogens with zero attached hydrogens (tertiary/aromatic N) is 4. The molecule has 0 amide bonds. The fraction of sp³-hybridized carbons (Fsp3) is 0.190. The molecule has 2 aromatic carbocycles. The molecule has 0 atom stereocenters. The van der Waals surface area contributed by atoms with E-state index in [0.717, 1.165) is 29.4 Å². The molecule has 3 N–H and O–H groups in total. The molecule has 5 rings (SSSR count). The molecule has 9 heteroatoms. The zero-order valence-electron chi connectivity index (χ0n) is 16.1. The molecule has 0 unspecified atom stereocenters. The summed E-state index contributed by atoms with van der Waals surface area (Å²) in [4.78, 5) is 16.9. The van der Waals surface area contributed by atoms with Gasteiger partial charge in [-0.1, -0.05) is 24.3 Å². The number of fused-ring (bicyclic) bond motifs is 1. The molecule has 1 aliphatic heterocycles. The Morgan fingerprint density at radius 3 is 2.47 bits per heavy atom. The normalized spacial score (nSPS) is 15.1. The molecule has 30 heavy (non-hydrogen) atoms. The van der Waals surface area contributed by atoms with Crippen LogP contribution in [0.1, 0.15) is 15.7 Å². The summed E-state index contributed by atoms with van der Waals surface area (Å²) in [5.74, 6) is 0.808. The van der Waals surface area contributed by atoms with Crippen molar-refractivity contribution in [3.63, 3.8) is 0 Å². The van der Waals surface area contributed by atoms with Crippen molar-refractivity contribution in [2.75, 3.05) is 18.8 Å². The average Bonchev–Trinajstić information content (AvgIpc) is 3.44. The molecule has 8 nitrogen and oxygen atoms in total. The SMILES string of the molecule is Nc1ncc(-c2ccc(S(=O)(=O)N3CCCC3)cc2)nc1-c1nc2ccccc2[nH]1.[HH].[HH]. The zero-order chi connectivity index (χ0) is 20.7. The van der Waals surface area contributed by atoms with E-state index in [9.17, 15) is 8.42 Å². The number of nitrogens with two attached hydrogens (primary N) is 1. The maximum Gasteiger partial charge on any atom is 0.243 e. The number of benzene rings is 2. The molecule has 0 saturated carbocycles. The largest absolute Gasteiger partial charge is 0.382 e. The third-order valence-electron chi connectivity index (χ3n) is 5.27. The first kappa shape index (κ1) is 18.7. The number of para-hydroxylation sites is 2. The lowest BCUT2D eigenvalue weighted by Gasteiger charge is -2.15. The summed E-state index contributed by atoms with van der Waals surface area (Å²) in [5, 5.41) is 0. The van der Waals surface area contributed by atoms with Crippen molar-refractivity contribution in [2.24, 2.45) is 0 Å². The lowest BCUT2D eigenvalue weighted by Crippen LogP contribution is -2.27. The quantitative estimate of drug-likeness (QED) is 0.517. The highest BCUT2D eigenvalue weighted by Crippen LogP contribution is 2.27. The second kappa shape index (κ2) is 7.19. The van der Waals surface area contributed by atoms with Gasteiger partial charge >= 0.3 is 0 Å². The molecule has 0 aliphatic carbocycles. The molecule has 156 valence electrons. The number of anilines is 1. The minimum absolute atomic E-state index is 0. The van der Waals surface area contributed by atoms with Gasteiger partial charge in [0.15, 0.2) is 11.6 Å². The Hall–Kier alpha value is -3.30. The highest BCUT2D eigenvalue weighted by molar-refractivity contribution is 7.89. The number of nitrogens with one attached hydrogen (secondary N) is 1.